The van der Waals surface area contributed by atoms with Gasteiger partial charge in [0.25, 0.3) is 0 Å². The molecule has 1 heterocycles. The zero-order valence-electron chi connectivity index (χ0n) is 32.5. The van der Waals surface area contributed by atoms with Crippen LogP contribution in [0, 0.1) is 0 Å². The molecule has 0 spiro atoms. The summed E-state index contributed by atoms with van der Waals surface area (Å²) in [5, 5.41) is 5.36. The van der Waals surface area contributed by atoms with Gasteiger partial charge < -0.3 is 43.8 Å². The Hall–Kier alpha value is -4.24. The van der Waals surface area contributed by atoms with Crippen molar-refractivity contribution in [3.05, 3.63) is 35.9 Å². The summed E-state index contributed by atoms with van der Waals surface area (Å²) in [6.45, 7) is 6.02. The molecule has 0 radical (unpaired) electrons. The van der Waals surface area contributed by atoms with Crippen molar-refractivity contribution in [3.8, 4) is 0 Å². The molecule has 15 heteroatoms. The standard InChI is InChI=1S/C39H60N2O13/c1-6-7-8-9-10-11-12-13-14-15-16-20-23-40-37(46)32(41-39(47)50-24-31-21-18-17-19-22-31)25-49-38-36(53-30(5)45)35(52-29(4)44)34(51-28(3)43)33(54-38)26-48-27(2)42/h17-19,21-22,32-36,38H,6-16,20,23-26H2,1-5H3,(H,40,46)(H,41,47)/t32-,33+,34-,35-,36+,38+/m0/s1. The van der Waals surface area contributed by atoms with Gasteiger partial charge in [0.05, 0.1) is 6.61 Å². The summed E-state index contributed by atoms with van der Waals surface area (Å²) in [5.41, 5.74) is 0.731. The van der Waals surface area contributed by atoms with E-state index < -0.39 is 85.8 Å². The number of esters is 4. The lowest BCUT2D eigenvalue weighted by molar-refractivity contribution is -0.308. The lowest BCUT2D eigenvalue weighted by Crippen LogP contribution is -2.63. The number of nitrogens with one attached hydrogen (secondary N) is 2. The fraction of sp³-hybridized carbons (Fsp3) is 0.692. The number of benzene rings is 1. The molecule has 1 aliphatic heterocycles. The Morgan fingerprint density at radius 1 is 0.667 bits per heavy atom. The predicted octanol–water partition coefficient (Wildman–Crippen LogP) is 5.20. The molecular formula is C39H60N2O13. The molecule has 0 aliphatic carbocycles. The van der Waals surface area contributed by atoms with Crippen LogP contribution in [0.4, 0.5) is 4.79 Å². The zero-order chi connectivity index (χ0) is 39.7. The monoisotopic (exact) mass is 764 g/mol. The molecular weight excluding hydrogens is 704 g/mol. The van der Waals surface area contributed by atoms with Gasteiger partial charge in [-0.3, -0.25) is 24.0 Å². The van der Waals surface area contributed by atoms with E-state index in [2.05, 4.69) is 17.6 Å². The highest BCUT2D eigenvalue weighted by molar-refractivity contribution is 5.85. The van der Waals surface area contributed by atoms with E-state index in [9.17, 15) is 28.8 Å². The number of rotatable bonds is 25. The Labute approximate surface area is 318 Å². The Bertz CT molecular complexity index is 1290. The van der Waals surface area contributed by atoms with Gasteiger partial charge in [-0.1, -0.05) is 108 Å². The van der Waals surface area contributed by atoms with Crippen LogP contribution in [0.1, 0.15) is 117 Å². The Morgan fingerprint density at radius 3 is 1.76 bits per heavy atom. The normalized spacial score (nSPS) is 19.8. The van der Waals surface area contributed by atoms with Crippen LogP contribution in [0.5, 0.6) is 0 Å². The molecule has 304 valence electrons. The molecule has 0 bridgehead atoms. The predicted molar refractivity (Wildman–Crippen MR) is 196 cm³/mol. The van der Waals surface area contributed by atoms with Crippen LogP contribution >= 0.6 is 0 Å². The van der Waals surface area contributed by atoms with Gasteiger partial charge in [-0.25, -0.2) is 4.79 Å². The molecule has 15 nitrogen and oxygen atoms in total. The number of carbonyl (C=O) groups is 6. The minimum absolute atomic E-state index is 0.0551. The summed E-state index contributed by atoms with van der Waals surface area (Å²) < 4.78 is 38.7. The van der Waals surface area contributed by atoms with Crippen LogP contribution in [-0.4, -0.2) is 92.4 Å². The van der Waals surface area contributed by atoms with E-state index >= 15 is 0 Å². The van der Waals surface area contributed by atoms with Crippen LogP contribution in [0.15, 0.2) is 30.3 Å². The molecule has 1 aliphatic rings. The Morgan fingerprint density at radius 2 is 1.20 bits per heavy atom. The third kappa shape index (κ3) is 19.2. The molecule has 0 unspecified atom stereocenters. The quantitative estimate of drug-likeness (QED) is 0.0751. The molecule has 1 fully saturated rings. The number of unbranched alkanes of at least 4 members (excludes halogenated alkanes) is 11. The fourth-order valence-electron chi connectivity index (χ4n) is 5.90. The highest BCUT2D eigenvalue weighted by atomic mass is 16.7. The summed E-state index contributed by atoms with van der Waals surface area (Å²) in [7, 11) is 0. The van der Waals surface area contributed by atoms with Gasteiger partial charge in [0.2, 0.25) is 5.91 Å². The van der Waals surface area contributed by atoms with Gasteiger partial charge in [0.15, 0.2) is 24.6 Å². The number of hydrogen-bond acceptors (Lipinski definition) is 13. The van der Waals surface area contributed by atoms with E-state index in [1.807, 2.05) is 6.07 Å². The van der Waals surface area contributed by atoms with Gasteiger partial charge >= 0.3 is 30.0 Å². The molecule has 1 aromatic rings. The lowest BCUT2D eigenvalue weighted by Gasteiger charge is -2.44. The van der Waals surface area contributed by atoms with E-state index in [4.69, 9.17) is 33.2 Å². The summed E-state index contributed by atoms with van der Waals surface area (Å²) in [6, 6.07) is 7.66. The largest absolute Gasteiger partial charge is 0.463 e. The molecule has 54 heavy (non-hydrogen) atoms. The Kier molecular flexibility index (Phi) is 22.6. The van der Waals surface area contributed by atoms with E-state index in [-0.39, 0.29) is 6.61 Å². The van der Waals surface area contributed by atoms with Gasteiger partial charge in [-0.2, -0.15) is 0 Å². The number of carbonyl (C=O) groups excluding carboxylic acids is 6. The first-order chi connectivity index (χ1) is 25.9. The van der Waals surface area contributed by atoms with E-state index in [1.165, 1.54) is 51.4 Å². The third-order valence-corrected chi connectivity index (χ3v) is 8.53. The number of ether oxygens (including phenoxy) is 7. The van der Waals surface area contributed by atoms with Crippen LogP contribution in [0.25, 0.3) is 0 Å². The fourth-order valence-corrected chi connectivity index (χ4v) is 5.90. The van der Waals surface area contributed by atoms with Crippen molar-refractivity contribution in [2.75, 3.05) is 19.8 Å². The van der Waals surface area contributed by atoms with Crippen LogP contribution in [0.2, 0.25) is 0 Å². The second-order valence-corrected chi connectivity index (χ2v) is 13.3. The second kappa shape index (κ2) is 26.5. The van der Waals surface area contributed by atoms with Gasteiger partial charge in [0.1, 0.15) is 25.4 Å². The van der Waals surface area contributed by atoms with Crippen LogP contribution in [0.3, 0.4) is 0 Å². The first kappa shape index (κ1) is 45.9. The summed E-state index contributed by atoms with van der Waals surface area (Å²) >= 11 is 0. The van der Waals surface area contributed by atoms with Crippen molar-refractivity contribution in [3.63, 3.8) is 0 Å². The average molecular weight is 765 g/mol. The van der Waals surface area contributed by atoms with Crippen molar-refractivity contribution in [2.45, 2.75) is 155 Å². The maximum atomic E-state index is 13.4. The SMILES string of the molecule is CCCCCCCCCCCCCCNC(=O)[C@H](CO[C@@H]1O[C@H](COC(C)=O)[C@H](OC(C)=O)[C@H](OC(C)=O)[C@H]1OC(C)=O)NC(=O)OCc1ccccc1. The summed E-state index contributed by atoms with van der Waals surface area (Å²) in [6.07, 6.45) is 5.96. The van der Waals surface area contributed by atoms with Crippen molar-refractivity contribution in [1.29, 1.82) is 0 Å². The molecule has 2 rings (SSSR count). The topological polar surface area (TPSA) is 191 Å². The summed E-state index contributed by atoms with van der Waals surface area (Å²) in [5.74, 6) is -3.64. The van der Waals surface area contributed by atoms with Crippen molar-refractivity contribution >= 4 is 35.9 Å². The van der Waals surface area contributed by atoms with Crippen LogP contribution in [-0.2, 0) is 63.7 Å². The number of amides is 2. The van der Waals surface area contributed by atoms with Crippen molar-refractivity contribution in [1.82, 2.24) is 10.6 Å². The first-order valence-electron chi connectivity index (χ1n) is 19.1. The van der Waals surface area contributed by atoms with E-state index in [0.29, 0.717) is 6.54 Å². The maximum absolute atomic E-state index is 13.4. The lowest BCUT2D eigenvalue weighted by atomic mass is 9.98. The average Bonchev–Trinajstić information content (AvgIpc) is 3.12. The van der Waals surface area contributed by atoms with E-state index in [0.717, 1.165) is 58.9 Å². The second-order valence-electron chi connectivity index (χ2n) is 13.3. The zero-order valence-corrected chi connectivity index (χ0v) is 32.5. The molecule has 1 saturated heterocycles. The smallest absolute Gasteiger partial charge is 0.408 e. The van der Waals surface area contributed by atoms with Gasteiger partial charge in [-0.15, -0.1) is 0 Å². The molecule has 2 N–H and O–H groups in total. The molecule has 6 atom stereocenters. The molecule has 0 saturated carbocycles. The third-order valence-electron chi connectivity index (χ3n) is 8.53. The highest BCUT2D eigenvalue weighted by Crippen LogP contribution is 2.30. The summed E-state index contributed by atoms with van der Waals surface area (Å²) in [4.78, 5) is 74.4. The maximum Gasteiger partial charge on any atom is 0.408 e. The number of hydrogen-bond donors (Lipinski definition) is 2. The number of alkyl carbamates (subject to hydrolysis) is 1. The minimum Gasteiger partial charge on any atom is -0.463 e. The van der Waals surface area contributed by atoms with Gasteiger partial charge in [0, 0.05) is 34.2 Å². The molecule has 2 amide bonds. The van der Waals surface area contributed by atoms with Crippen LogP contribution < -0.4 is 10.6 Å². The van der Waals surface area contributed by atoms with E-state index in [1.54, 1.807) is 24.3 Å². The highest BCUT2D eigenvalue weighted by Gasteiger charge is 2.53. The first-order valence-corrected chi connectivity index (χ1v) is 19.1. The van der Waals surface area contributed by atoms with Crippen molar-refractivity contribution < 1.29 is 61.9 Å². The molecule has 0 aromatic heterocycles. The minimum atomic E-state index is -1.54. The van der Waals surface area contributed by atoms with Gasteiger partial charge in [-0.05, 0) is 12.0 Å². The molecule has 1 aromatic carbocycles. The Balaban J connectivity index is 2.12. The van der Waals surface area contributed by atoms with Crippen molar-refractivity contribution in [2.24, 2.45) is 0 Å².